The Labute approximate surface area is 228 Å². The predicted octanol–water partition coefficient (Wildman–Crippen LogP) is 4.56. The molecule has 0 amide bonds. The maximum absolute atomic E-state index is 13.9. The van der Waals surface area contributed by atoms with Gasteiger partial charge in [0.25, 0.3) is 11.4 Å². The van der Waals surface area contributed by atoms with Gasteiger partial charge in [0.2, 0.25) is 0 Å². The largest absolute Gasteiger partial charge is 0.506 e. The van der Waals surface area contributed by atoms with E-state index in [1.54, 1.807) is 7.11 Å². The van der Waals surface area contributed by atoms with Crippen LogP contribution in [-0.4, -0.2) is 55.2 Å². The Morgan fingerprint density at radius 2 is 1.85 bits per heavy atom. The minimum atomic E-state index is -0.883. The molecule has 1 aromatic carbocycles. The lowest BCUT2D eigenvalue weighted by Crippen LogP contribution is -2.35. The van der Waals surface area contributed by atoms with E-state index >= 15 is 0 Å². The summed E-state index contributed by atoms with van der Waals surface area (Å²) in [5.41, 5.74) is 1.80. The summed E-state index contributed by atoms with van der Waals surface area (Å²) in [7, 11) is 4.34. The average Bonchev–Trinajstić information content (AvgIpc) is 2.92. The first-order valence-corrected chi connectivity index (χ1v) is 12.9. The van der Waals surface area contributed by atoms with Crippen molar-refractivity contribution in [1.29, 1.82) is 0 Å². The Hall–Kier alpha value is -3.85. The highest BCUT2D eigenvalue weighted by Crippen LogP contribution is 2.51. The summed E-state index contributed by atoms with van der Waals surface area (Å²) in [6.07, 6.45) is 1.21. The highest BCUT2D eigenvalue weighted by molar-refractivity contribution is 5.94. The third-order valence-corrected chi connectivity index (χ3v) is 7.07. The van der Waals surface area contributed by atoms with E-state index in [1.807, 2.05) is 36.4 Å². The van der Waals surface area contributed by atoms with E-state index in [2.05, 4.69) is 20.8 Å². The summed E-state index contributed by atoms with van der Waals surface area (Å²) in [5.74, 6) is -0.733. The minimum absolute atomic E-state index is 0.169. The van der Waals surface area contributed by atoms with Crippen LogP contribution in [0.15, 0.2) is 41.2 Å². The molecule has 0 bridgehead atoms. The molecule has 9 heteroatoms. The number of nitrogens with zero attached hydrogens (tertiary/aromatic N) is 2. The minimum Gasteiger partial charge on any atom is -0.506 e. The summed E-state index contributed by atoms with van der Waals surface area (Å²) in [5, 5.41) is 11.5. The van der Waals surface area contributed by atoms with Crippen LogP contribution in [0.5, 0.6) is 17.4 Å². The molecule has 1 unspecified atom stereocenters. The second-order valence-corrected chi connectivity index (χ2v) is 10.7. The molecule has 0 fully saturated rings. The van der Waals surface area contributed by atoms with Crippen LogP contribution in [0.4, 0.5) is 0 Å². The fourth-order valence-electron chi connectivity index (χ4n) is 5.09. The molecule has 39 heavy (non-hydrogen) atoms. The zero-order valence-electron chi connectivity index (χ0n) is 23.4. The van der Waals surface area contributed by atoms with Gasteiger partial charge in [-0.15, -0.1) is 0 Å². The van der Waals surface area contributed by atoms with Crippen molar-refractivity contribution in [3.05, 3.63) is 69.0 Å². The number of aromatic nitrogens is 2. The second-order valence-electron chi connectivity index (χ2n) is 10.7. The highest BCUT2D eigenvalue weighted by Gasteiger charge is 2.41. The number of benzene rings is 1. The molecular formula is C30H36N2O7. The summed E-state index contributed by atoms with van der Waals surface area (Å²) in [6.45, 7) is 7.35. The van der Waals surface area contributed by atoms with Crippen LogP contribution in [-0.2, 0) is 22.4 Å². The SMILES string of the molecule is COCCCOc1cc2c(nc1OC)-c1c(c(O)c(C(=O)OC)c(=O)n1Cc1ccccc1)C(C(C)(C)C)C2. The standard InChI is InChI=1S/C30H36N2O7/c1-30(2,3)20-15-19-16-21(39-14-10-13-36-4)27(37-5)31-24(19)25-22(20)26(33)23(29(35)38-6)28(34)32(25)17-18-11-8-7-9-12-18/h7-9,11-12,16,20,33H,10,13-15,17H2,1-6H3. The zero-order chi connectivity index (χ0) is 28.3. The molecule has 1 N–H and O–H groups in total. The number of carbonyl (C=O) groups excluding carboxylic acids is 1. The van der Waals surface area contributed by atoms with Gasteiger partial charge in [-0.1, -0.05) is 51.1 Å². The first-order valence-electron chi connectivity index (χ1n) is 12.9. The van der Waals surface area contributed by atoms with Crippen molar-refractivity contribution in [2.75, 3.05) is 34.5 Å². The summed E-state index contributed by atoms with van der Waals surface area (Å²) < 4.78 is 23.1. The molecular weight excluding hydrogens is 500 g/mol. The van der Waals surface area contributed by atoms with E-state index in [9.17, 15) is 14.7 Å². The zero-order valence-corrected chi connectivity index (χ0v) is 23.4. The van der Waals surface area contributed by atoms with Crippen molar-refractivity contribution < 1.29 is 28.8 Å². The molecule has 0 spiro atoms. The number of methoxy groups -OCH3 is 3. The van der Waals surface area contributed by atoms with Crippen molar-refractivity contribution in [3.63, 3.8) is 0 Å². The molecule has 1 aliphatic rings. The fraction of sp³-hybridized carbons (Fsp3) is 0.433. The van der Waals surface area contributed by atoms with Crippen LogP contribution in [0, 0.1) is 5.41 Å². The molecule has 2 aromatic heterocycles. The van der Waals surface area contributed by atoms with E-state index in [4.69, 9.17) is 23.9 Å². The molecule has 0 saturated heterocycles. The number of rotatable bonds is 9. The lowest BCUT2D eigenvalue weighted by molar-refractivity contribution is 0.0594. The average molecular weight is 537 g/mol. The van der Waals surface area contributed by atoms with Crippen molar-refractivity contribution in [3.8, 4) is 28.8 Å². The van der Waals surface area contributed by atoms with Gasteiger partial charge in [0.05, 0.1) is 38.8 Å². The van der Waals surface area contributed by atoms with Crippen LogP contribution < -0.4 is 15.0 Å². The Balaban J connectivity index is 2.03. The van der Waals surface area contributed by atoms with Crippen LogP contribution in [0.25, 0.3) is 11.4 Å². The van der Waals surface area contributed by atoms with Gasteiger partial charge in [0.1, 0.15) is 5.75 Å². The maximum atomic E-state index is 13.9. The van der Waals surface area contributed by atoms with Crippen molar-refractivity contribution in [1.82, 2.24) is 9.55 Å². The summed E-state index contributed by atoms with van der Waals surface area (Å²) >= 11 is 0. The fourth-order valence-corrected chi connectivity index (χ4v) is 5.09. The van der Waals surface area contributed by atoms with Crippen LogP contribution in [0.1, 0.15) is 60.2 Å². The normalized spacial score (nSPS) is 14.4. The number of esters is 1. The number of hydrogen-bond acceptors (Lipinski definition) is 8. The number of hydrogen-bond donors (Lipinski definition) is 1. The van der Waals surface area contributed by atoms with Crippen molar-refractivity contribution in [2.45, 2.75) is 46.1 Å². The Morgan fingerprint density at radius 3 is 2.46 bits per heavy atom. The number of pyridine rings is 2. The van der Waals surface area contributed by atoms with Gasteiger partial charge >= 0.3 is 5.97 Å². The van der Waals surface area contributed by atoms with Gasteiger partial charge in [-0.2, -0.15) is 0 Å². The van der Waals surface area contributed by atoms with E-state index in [0.717, 1.165) is 11.1 Å². The van der Waals surface area contributed by atoms with E-state index in [-0.39, 0.29) is 35.1 Å². The monoisotopic (exact) mass is 536 g/mol. The number of aromatic hydroxyl groups is 1. The molecule has 0 aliphatic heterocycles. The molecule has 1 atom stereocenters. The maximum Gasteiger partial charge on any atom is 0.347 e. The van der Waals surface area contributed by atoms with Crippen LogP contribution in [0.3, 0.4) is 0 Å². The van der Waals surface area contributed by atoms with Crippen molar-refractivity contribution in [2.24, 2.45) is 5.41 Å². The Bertz CT molecular complexity index is 1410. The van der Waals surface area contributed by atoms with Gasteiger partial charge in [-0.05, 0) is 34.9 Å². The van der Waals surface area contributed by atoms with Crippen molar-refractivity contribution >= 4 is 5.97 Å². The lowest BCUT2D eigenvalue weighted by Gasteiger charge is -2.38. The molecule has 208 valence electrons. The number of carbonyl (C=O) groups is 1. The molecule has 0 radical (unpaired) electrons. The Kier molecular flexibility index (Phi) is 8.30. The first-order chi connectivity index (χ1) is 18.6. The smallest absolute Gasteiger partial charge is 0.347 e. The summed E-state index contributed by atoms with van der Waals surface area (Å²) in [6, 6.07) is 11.4. The van der Waals surface area contributed by atoms with Crippen LogP contribution >= 0.6 is 0 Å². The Morgan fingerprint density at radius 1 is 1.13 bits per heavy atom. The van der Waals surface area contributed by atoms with Crippen LogP contribution in [0.2, 0.25) is 0 Å². The predicted molar refractivity (Wildman–Crippen MR) is 147 cm³/mol. The third-order valence-electron chi connectivity index (χ3n) is 7.07. The summed E-state index contributed by atoms with van der Waals surface area (Å²) in [4.78, 5) is 31.4. The number of fused-ring (bicyclic) bond motifs is 3. The van der Waals surface area contributed by atoms with E-state index < -0.39 is 11.5 Å². The van der Waals surface area contributed by atoms with Gasteiger partial charge in [-0.3, -0.25) is 4.79 Å². The van der Waals surface area contributed by atoms with Gasteiger partial charge in [-0.25, -0.2) is 9.78 Å². The van der Waals surface area contributed by atoms with E-state index in [0.29, 0.717) is 48.8 Å². The third kappa shape index (κ3) is 5.49. The molecule has 1 aliphatic carbocycles. The van der Waals surface area contributed by atoms with Gasteiger partial charge < -0.3 is 28.6 Å². The molecule has 2 heterocycles. The topological polar surface area (TPSA) is 109 Å². The quantitative estimate of drug-likeness (QED) is 0.313. The molecule has 9 nitrogen and oxygen atoms in total. The molecule has 4 rings (SSSR count). The van der Waals surface area contributed by atoms with Gasteiger partial charge in [0.15, 0.2) is 11.3 Å². The second kappa shape index (κ2) is 11.5. The number of ether oxygens (including phenoxy) is 4. The molecule has 0 saturated carbocycles. The van der Waals surface area contributed by atoms with E-state index in [1.165, 1.54) is 18.8 Å². The van der Waals surface area contributed by atoms with Gasteiger partial charge in [0, 0.05) is 25.7 Å². The lowest BCUT2D eigenvalue weighted by atomic mass is 9.69. The first kappa shape index (κ1) is 28.2. The molecule has 3 aromatic rings. The highest BCUT2D eigenvalue weighted by atomic mass is 16.5.